The van der Waals surface area contributed by atoms with E-state index in [4.69, 9.17) is 9.47 Å². The number of rotatable bonds is 14. The normalized spacial score (nSPS) is 19.3. The van der Waals surface area contributed by atoms with Crippen LogP contribution in [0.1, 0.15) is 49.7 Å². The molecule has 0 amide bonds. The lowest BCUT2D eigenvalue weighted by Crippen LogP contribution is -2.36. The predicted octanol–water partition coefficient (Wildman–Crippen LogP) is 8.21. The van der Waals surface area contributed by atoms with E-state index in [2.05, 4.69) is 6.92 Å². The molecular formula is C32H35F5O5S2. The van der Waals surface area contributed by atoms with Crippen LogP contribution in [0.4, 0.5) is 22.0 Å². The lowest BCUT2D eigenvalue weighted by atomic mass is 9.68. The van der Waals surface area contributed by atoms with E-state index in [1.807, 2.05) is 18.2 Å². The van der Waals surface area contributed by atoms with E-state index in [1.54, 1.807) is 60.3 Å². The third kappa shape index (κ3) is 8.59. The average Bonchev–Trinajstić information content (AvgIpc) is 2.96. The summed E-state index contributed by atoms with van der Waals surface area (Å²) in [6.07, 6.45) is -5.89. The quantitative estimate of drug-likeness (QED) is 0.134. The number of phenols is 2. The minimum Gasteiger partial charge on any atom is -0.508 e. The first-order chi connectivity index (χ1) is 20.8. The third-order valence-corrected chi connectivity index (χ3v) is 10.6. The second kappa shape index (κ2) is 14.4. The van der Waals surface area contributed by atoms with Crippen molar-refractivity contribution in [1.29, 1.82) is 0 Å². The number of benzene rings is 3. The second-order valence-corrected chi connectivity index (χ2v) is 13.7. The van der Waals surface area contributed by atoms with E-state index in [0.29, 0.717) is 18.1 Å². The monoisotopic (exact) mass is 658 g/mol. The van der Waals surface area contributed by atoms with E-state index < -0.39 is 35.7 Å². The summed E-state index contributed by atoms with van der Waals surface area (Å²) in [7, 11) is -1.58. The topological polar surface area (TPSA) is 76.0 Å². The summed E-state index contributed by atoms with van der Waals surface area (Å²) in [6, 6.07) is 19.7. The first-order valence-electron chi connectivity index (χ1n) is 14.2. The van der Waals surface area contributed by atoms with Crippen molar-refractivity contribution in [3.8, 4) is 23.0 Å². The van der Waals surface area contributed by atoms with Crippen molar-refractivity contribution in [2.24, 2.45) is 0 Å². The summed E-state index contributed by atoms with van der Waals surface area (Å²) >= 11 is 1.71. The van der Waals surface area contributed by atoms with Gasteiger partial charge in [0.15, 0.2) is 0 Å². The van der Waals surface area contributed by atoms with E-state index in [0.717, 1.165) is 29.1 Å². The Bertz CT molecular complexity index is 1400. The van der Waals surface area contributed by atoms with E-state index in [1.165, 1.54) is 5.56 Å². The van der Waals surface area contributed by atoms with Gasteiger partial charge >= 0.3 is 12.1 Å². The number of halogens is 5. The average molecular weight is 659 g/mol. The van der Waals surface area contributed by atoms with Gasteiger partial charge in [0.2, 0.25) is 0 Å². The van der Waals surface area contributed by atoms with Crippen molar-refractivity contribution in [3.05, 3.63) is 77.9 Å². The molecule has 5 nitrogen and oxygen atoms in total. The smallest absolute Gasteiger partial charge is 0.453 e. The molecule has 2 N–H and O–H groups in total. The molecule has 44 heavy (non-hydrogen) atoms. The number of ether oxygens (including phenoxy) is 2. The number of hydrogen-bond donors (Lipinski definition) is 2. The fourth-order valence-electron chi connectivity index (χ4n) is 5.27. The Labute approximate surface area is 260 Å². The fourth-order valence-corrected chi connectivity index (χ4v) is 7.61. The van der Waals surface area contributed by atoms with Crippen LogP contribution in [-0.2, 0) is 16.2 Å². The van der Waals surface area contributed by atoms with Crippen LogP contribution in [0.2, 0.25) is 0 Å². The molecule has 0 saturated heterocycles. The van der Waals surface area contributed by atoms with Crippen LogP contribution in [0.15, 0.2) is 71.6 Å². The highest BCUT2D eigenvalue weighted by atomic mass is 32.2. The Morgan fingerprint density at radius 1 is 0.864 bits per heavy atom. The molecule has 0 bridgehead atoms. The lowest BCUT2D eigenvalue weighted by molar-refractivity contribution is -0.284. The van der Waals surface area contributed by atoms with Crippen LogP contribution in [0.5, 0.6) is 23.0 Å². The molecule has 0 saturated carbocycles. The van der Waals surface area contributed by atoms with Gasteiger partial charge in [-0.05, 0) is 84.8 Å². The van der Waals surface area contributed by atoms with Gasteiger partial charge in [-0.2, -0.15) is 22.0 Å². The Hall–Kier alpha value is -2.99. The number of alkyl halides is 5. The van der Waals surface area contributed by atoms with Crippen molar-refractivity contribution in [3.63, 3.8) is 0 Å². The van der Waals surface area contributed by atoms with Gasteiger partial charge in [0.05, 0.1) is 19.0 Å². The van der Waals surface area contributed by atoms with Crippen LogP contribution < -0.4 is 9.47 Å². The second-order valence-electron chi connectivity index (χ2n) is 11.0. The van der Waals surface area contributed by atoms with Crippen molar-refractivity contribution < 1.29 is 45.8 Å². The van der Waals surface area contributed by atoms with Gasteiger partial charge in [-0.15, -0.1) is 11.8 Å². The van der Waals surface area contributed by atoms with E-state index in [-0.39, 0.29) is 40.9 Å². The summed E-state index contributed by atoms with van der Waals surface area (Å²) in [4.78, 5) is 1.06. The molecule has 1 aliphatic heterocycles. The summed E-state index contributed by atoms with van der Waals surface area (Å²) < 4.78 is 86.1. The minimum atomic E-state index is -5.60. The highest BCUT2D eigenvalue weighted by Crippen LogP contribution is 2.52. The van der Waals surface area contributed by atoms with Crippen molar-refractivity contribution in [2.75, 3.05) is 30.5 Å². The molecule has 0 radical (unpaired) electrons. The molecule has 3 aromatic rings. The molecule has 3 unspecified atom stereocenters. The maximum atomic E-state index is 13.0. The number of thioether (sulfide) groups is 1. The molecule has 1 heterocycles. The van der Waals surface area contributed by atoms with Crippen LogP contribution in [-0.4, -0.2) is 57.0 Å². The van der Waals surface area contributed by atoms with Crippen molar-refractivity contribution in [2.45, 2.75) is 60.9 Å². The Balaban J connectivity index is 1.24. The molecule has 1 aliphatic rings. The maximum Gasteiger partial charge on any atom is 0.453 e. The van der Waals surface area contributed by atoms with Gasteiger partial charge in [-0.3, -0.25) is 4.21 Å². The third-order valence-electron chi connectivity index (χ3n) is 7.78. The van der Waals surface area contributed by atoms with Crippen molar-refractivity contribution in [1.82, 2.24) is 0 Å². The molecule has 0 fully saturated rings. The van der Waals surface area contributed by atoms with Crippen LogP contribution in [0.3, 0.4) is 0 Å². The Morgan fingerprint density at radius 3 is 2.11 bits per heavy atom. The van der Waals surface area contributed by atoms with E-state index >= 15 is 0 Å². The first kappa shape index (κ1) is 33.9. The molecule has 0 aliphatic carbocycles. The first-order valence-corrected chi connectivity index (χ1v) is 16.7. The van der Waals surface area contributed by atoms with Crippen molar-refractivity contribution >= 4 is 22.6 Å². The number of fused-ring (bicyclic) bond motifs is 1. The largest absolute Gasteiger partial charge is 0.508 e. The van der Waals surface area contributed by atoms with Crippen LogP contribution in [0, 0.1) is 0 Å². The molecule has 0 spiro atoms. The number of aromatic hydroxyl groups is 2. The van der Waals surface area contributed by atoms with Gasteiger partial charge in [-0.1, -0.05) is 25.1 Å². The predicted molar refractivity (Wildman–Crippen MR) is 162 cm³/mol. The van der Waals surface area contributed by atoms with Gasteiger partial charge in [0.1, 0.15) is 23.0 Å². The molecule has 240 valence electrons. The zero-order valence-corrected chi connectivity index (χ0v) is 25.8. The van der Waals surface area contributed by atoms with Gasteiger partial charge in [0, 0.05) is 39.0 Å². The van der Waals surface area contributed by atoms with Gasteiger partial charge < -0.3 is 19.7 Å². The molecule has 3 aromatic carbocycles. The minimum absolute atomic E-state index is 0.0152. The molecule has 12 heteroatoms. The summed E-state index contributed by atoms with van der Waals surface area (Å²) in [5.41, 5.74) is 2.12. The zero-order valence-electron chi connectivity index (χ0n) is 24.1. The standard InChI is InChI=1S/C32H35F5O5S2/c1-30(22-5-7-23(38)8-6-22)21-43-29-20-24(39)9-14-27(29)28(30)4-2-16-41-25-10-12-26(13-11-25)42-17-19-44(40)18-3-15-31(33,34)32(35,36)37/h5-14,20,28,38-39H,2-4,15-19,21H2,1H3. The SMILES string of the molecule is CC1(c2ccc(O)cc2)CSc2cc(O)ccc2C1CCCOc1ccc(OCCS(=O)CCCC(F)(F)C(F)(F)F)cc1. The summed E-state index contributed by atoms with van der Waals surface area (Å²) in [6.45, 7) is 2.73. The van der Waals surface area contributed by atoms with Crippen LogP contribution in [0.25, 0.3) is 0 Å². The fraction of sp³-hybridized carbons (Fsp3) is 0.438. The van der Waals surface area contributed by atoms with Crippen LogP contribution >= 0.6 is 11.8 Å². The number of phenolic OH excluding ortho intramolecular Hbond substituents is 2. The Morgan fingerprint density at radius 2 is 1.48 bits per heavy atom. The molecule has 0 aromatic heterocycles. The lowest BCUT2D eigenvalue weighted by Gasteiger charge is -2.43. The van der Waals surface area contributed by atoms with Gasteiger partial charge in [0.25, 0.3) is 0 Å². The summed E-state index contributed by atoms with van der Waals surface area (Å²) in [5.74, 6) is -2.46. The molecule has 4 rings (SSSR count). The summed E-state index contributed by atoms with van der Waals surface area (Å²) in [5, 5.41) is 19.8. The number of hydrogen-bond acceptors (Lipinski definition) is 6. The maximum absolute atomic E-state index is 13.0. The molecule has 3 atom stereocenters. The molecular weight excluding hydrogens is 623 g/mol. The highest BCUT2D eigenvalue weighted by molar-refractivity contribution is 7.99. The van der Waals surface area contributed by atoms with Gasteiger partial charge in [-0.25, -0.2) is 0 Å². The van der Waals surface area contributed by atoms with E-state index in [9.17, 15) is 36.4 Å². The Kier molecular flexibility index (Phi) is 11.1. The zero-order chi connectivity index (χ0) is 32.0. The highest BCUT2D eigenvalue weighted by Gasteiger charge is 2.56.